The van der Waals surface area contributed by atoms with Crippen LogP contribution in [0.2, 0.25) is 0 Å². The van der Waals surface area contributed by atoms with Crippen LogP contribution in [-0.4, -0.2) is 24.4 Å². The maximum atomic E-state index is 6.33. The third-order valence-electron chi connectivity index (χ3n) is 13.0. The van der Waals surface area contributed by atoms with Gasteiger partial charge in [-0.05, 0) is 147 Å². The number of benzene rings is 5. The van der Waals surface area contributed by atoms with E-state index in [0.29, 0.717) is 48.5 Å². The molecule has 0 heterocycles. The zero-order valence-corrected chi connectivity index (χ0v) is 38.9. The van der Waals surface area contributed by atoms with E-state index < -0.39 is 0 Å². The van der Waals surface area contributed by atoms with E-state index in [0.717, 1.165) is 25.7 Å². The molecule has 0 N–H and O–H groups in total. The molecule has 61 heavy (non-hydrogen) atoms. The number of aryl methyl sites for hydroxylation is 3. The van der Waals surface area contributed by atoms with Crippen LogP contribution in [0, 0.1) is 11.8 Å². The van der Waals surface area contributed by atoms with Crippen LogP contribution in [0.5, 0.6) is 0 Å². The van der Waals surface area contributed by atoms with Crippen LogP contribution in [0.1, 0.15) is 164 Å². The molecule has 5 aromatic carbocycles. The first-order chi connectivity index (χ1) is 29.4. The lowest BCUT2D eigenvalue weighted by Crippen LogP contribution is -2.18. The van der Waals surface area contributed by atoms with Crippen molar-refractivity contribution in [2.45, 2.75) is 163 Å². The van der Waals surface area contributed by atoms with Gasteiger partial charge in [0.05, 0.1) is 42.7 Å². The van der Waals surface area contributed by atoms with Crippen molar-refractivity contribution in [3.63, 3.8) is 0 Å². The maximum absolute atomic E-state index is 6.33. The quantitative estimate of drug-likeness (QED) is 0.133. The van der Waals surface area contributed by atoms with Gasteiger partial charge in [-0.15, -0.1) is 0 Å². The molecule has 0 aliphatic heterocycles. The van der Waals surface area contributed by atoms with Gasteiger partial charge in [0.1, 0.15) is 6.10 Å². The molecular weight excluding hydrogens is 749 g/mol. The number of fused-ring (bicyclic) bond motifs is 6. The number of ether oxygens (including phenoxy) is 4. The lowest BCUT2D eigenvalue weighted by molar-refractivity contribution is -0.0255. The highest BCUT2D eigenvalue weighted by Gasteiger charge is 2.31. The first-order valence-electron chi connectivity index (χ1n) is 23.5. The van der Waals surface area contributed by atoms with Gasteiger partial charge in [0.25, 0.3) is 0 Å². The van der Waals surface area contributed by atoms with Crippen LogP contribution in [0.3, 0.4) is 0 Å². The molecule has 0 saturated heterocycles. The highest BCUT2D eigenvalue weighted by atomic mass is 16.5. The Bertz CT molecular complexity index is 2050. The van der Waals surface area contributed by atoms with Gasteiger partial charge >= 0.3 is 0 Å². The van der Waals surface area contributed by atoms with Gasteiger partial charge in [0.2, 0.25) is 0 Å². The first-order valence-corrected chi connectivity index (χ1v) is 23.5. The van der Waals surface area contributed by atoms with Crippen molar-refractivity contribution in [3.05, 3.63) is 166 Å². The van der Waals surface area contributed by atoms with E-state index in [1.165, 1.54) is 74.9 Å². The summed E-state index contributed by atoms with van der Waals surface area (Å²) < 4.78 is 24.2. The van der Waals surface area contributed by atoms with Gasteiger partial charge in [-0.2, -0.15) is 0 Å². The molecule has 0 fully saturated rings. The van der Waals surface area contributed by atoms with Crippen LogP contribution in [0.25, 0.3) is 11.1 Å². The van der Waals surface area contributed by atoms with E-state index in [1.54, 1.807) is 0 Å². The number of hydrogen-bond donors (Lipinski definition) is 0. The summed E-state index contributed by atoms with van der Waals surface area (Å²) in [5.74, 6) is 1.12. The van der Waals surface area contributed by atoms with Crippen LogP contribution in [0.4, 0.5) is 0 Å². The standard InChI is InChI=1S/C18H20O.C14H20O.C13H18O.C12H16O/c1-12(2)13(3)19-18-16-10-6-4-8-14(16)15-9-5-7-11-17(15)18;1-10(2)11(3)15-14-9-8-12-6-4-5-7-13(12)14;1-3-10(2)14-13-9-8-11-6-4-5-7-12(11)13;1-9(2)13-12-8-7-10-5-3-4-6-11(10)12/h4-13,18H,1-3H3;4-7,10-11,14H,8-9H2,1-3H3;4-7,10,13H,3,8-9H2,1-2H3;3-6,9,12H,7-8H2,1-2H3. The van der Waals surface area contributed by atoms with Crippen molar-refractivity contribution >= 4 is 0 Å². The summed E-state index contributed by atoms with van der Waals surface area (Å²) in [6.07, 6.45) is 10.5. The van der Waals surface area contributed by atoms with E-state index in [4.69, 9.17) is 18.9 Å². The minimum absolute atomic E-state index is 0.0878. The second-order valence-corrected chi connectivity index (χ2v) is 18.4. The second kappa shape index (κ2) is 22.3. The van der Waals surface area contributed by atoms with Crippen molar-refractivity contribution < 1.29 is 18.9 Å². The highest BCUT2D eigenvalue weighted by Crippen LogP contribution is 2.46. The smallest absolute Gasteiger partial charge is 0.109 e. The van der Waals surface area contributed by atoms with Crippen LogP contribution in [0.15, 0.2) is 121 Å². The molecule has 0 bridgehead atoms. The van der Waals surface area contributed by atoms with Crippen LogP contribution < -0.4 is 0 Å². The summed E-state index contributed by atoms with van der Waals surface area (Å²) in [5.41, 5.74) is 13.9. The Kier molecular flexibility index (Phi) is 17.0. The van der Waals surface area contributed by atoms with Crippen molar-refractivity contribution in [2.75, 3.05) is 0 Å². The van der Waals surface area contributed by atoms with Crippen molar-refractivity contribution in [2.24, 2.45) is 11.8 Å². The van der Waals surface area contributed by atoms with E-state index in [1.807, 2.05) is 0 Å². The summed E-state index contributed by atoms with van der Waals surface area (Å²) in [6.45, 7) is 21.7. The molecule has 5 aromatic rings. The van der Waals surface area contributed by atoms with Crippen molar-refractivity contribution in [1.82, 2.24) is 0 Å². The van der Waals surface area contributed by atoms with E-state index in [9.17, 15) is 0 Å². The molecule has 4 aliphatic carbocycles. The summed E-state index contributed by atoms with van der Waals surface area (Å²) in [6, 6.07) is 43.1. The fraction of sp³-hybridized carbons (Fsp3) is 0.474. The molecule has 0 saturated carbocycles. The monoisotopic (exact) mass is 823 g/mol. The average molecular weight is 823 g/mol. The normalized spacial score (nSPS) is 19.6. The SMILES string of the molecule is CC(C)C(C)OC1CCc2ccccc21.CC(C)C(C)OC1c2ccccc2-c2ccccc21.CC(C)OC1CCc2ccccc21.CCC(C)OC1CCc2ccccc21. The average Bonchev–Trinajstić information content (AvgIpc) is 4.06. The lowest BCUT2D eigenvalue weighted by Gasteiger charge is -2.23. The number of hydrogen-bond acceptors (Lipinski definition) is 4. The highest BCUT2D eigenvalue weighted by molar-refractivity contribution is 5.78. The Balaban J connectivity index is 0.000000138. The zero-order valence-electron chi connectivity index (χ0n) is 38.9. The van der Waals surface area contributed by atoms with E-state index >= 15 is 0 Å². The minimum atomic E-state index is 0.0878. The topological polar surface area (TPSA) is 36.9 Å². The Hall–Kier alpha value is -4.06. The molecular formula is C57H74O4. The third kappa shape index (κ3) is 12.1. The summed E-state index contributed by atoms with van der Waals surface area (Å²) in [4.78, 5) is 0. The predicted molar refractivity (Wildman–Crippen MR) is 254 cm³/mol. The van der Waals surface area contributed by atoms with E-state index in [2.05, 4.69) is 191 Å². The molecule has 0 radical (unpaired) electrons. The summed E-state index contributed by atoms with van der Waals surface area (Å²) in [5, 5.41) is 0. The van der Waals surface area contributed by atoms with Gasteiger partial charge < -0.3 is 18.9 Å². The van der Waals surface area contributed by atoms with Gasteiger partial charge in [0, 0.05) is 0 Å². The molecule has 6 unspecified atom stereocenters. The molecule has 4 heteroatoms. The Morgan fingerprint density at radius 2 is 0.754 bits per heavy atom. The molecule has 326 valence electrons. The molecule has 4 nitrogen and oxygen atoms in total. The Morgan fingerprint density at radius 3 is 1.15 bits per heavy atom. The summed E-state index contributed by atoms with van der Waals surface area (Å²) in [7, 11) is 0. The lowest BCUT2D eigenvalue weighted by atomic mass is 10.1. The van der Waals surface area contributed by atoms with Crippen LogP contribution in [-0.2, 0) is 38.2 Å². The fourth-order valence-electron chi connectivity index (χ4n) is 8.73. The Labute approximate surface area is 369 Å². The van der Waals surface area contributed by atoms with E-state index in [-0.39, 0.29) is 12.2 Å². The molecule has 0 amide bonds. The summed E-state index contributed by atoms with van der Waals surface area (Å²) >= 11 is 0. The Morgan fingerprint density at radius 1 is 0.410 bits per heavy atom. The molecule has 9 rings (SSSR count). The molecule has 6 atom stereocenters. The molecule has 4 aliphatic rings. The molecule has 0 spiro atoms. The zero-order chi connectivity index (χ0) is 43.5. The van der Waals surface area contributed by atoms with Crippen molar-refractivity contribution in [1.29, 1.82) is 0 Å². The first kappa shape index (κ1) is 46.4. The fourth-order valence-corrected chi connectivity index (χ4v) is 8.73. The van der Waals surface area contributed by atoms with Crippen molar-refractivity contribution in [3.8, 4) is 11.1 Å². The van der Waals surface area contributed by atoms with Gasteiger partial charge in [-0.1, -0.05) is 156 Å². The van der Waals surface area contributed by atoms with Crippen LogP contribution >= 0.6 is 0 Å². The van der Waals surface area contributed by atoms with Gasteiger partial charge in [-0.3, -0.25) is 0 Å². The predicted octanol–water partition coefficient (Wildman–Crippen LogP) is 15.1. The van der Waals surface area contributed by atoms with Gasteiger partial charge in [-0.25, -0.2) is 0 Å². The molecule has 0 aromatic heterocycles. The largest absolute Gasteiger partial charge is 0.371 e. The minimum Gasteiger partial charge on any atom is -0.371 e. The second-order valence-electron chi connectivity index (χ2n) is 18.4. The van der Waals surface area contributed by atoms with Gasteiger partial charge in [0.15, 0.2) is 0 Å². The third-order valence-corrected chi connectivity index (χ3v) is 13.0. The number of rotatable bonds is 11. The maximum Gasteiger partial charge on any atom is 0.109 e.